The molecule has 1 rings (SSSR count). The molecule has 0 atom stereocenters. The second-order valence-electron chi connectivity index (χ2n) is 14.5. The maximum atomic E-state index is 6.32. The minimum Gasteiger partial charge on any atom is -0.458 e. The first-order chi connectivity index (χ1) is 17.9. The van der Waals surface area contributed by atoms with E-state index in [1.165, 1.54) is 114 Å². The topological polar surface area (TPSA) is 9.23 Å². The summed E-state index contributed by atoms with van der Waals surface area (Å²) in [5, 5.41) is 3.35. The lowest BCUT2D eigenvalue weighted by atomic mass is 10.1. The van der Waals surface area contributed by atoms with Crippen LogP contribution in [0.4, 0.5) is 0 Å². The van der Waals surface area contributed by atoms with Gasteiger partial charge in [-0.05, 0) is 32.2 Å². The van der Waals surface area contributed by atoms with E-state index in [-0.39, 0.29) is 0 Å². The van der Waals surface area contributed by atoms with Crippen LogP contribution >= 0.6 is 0 Å². The smallest absolute Gasteiger partial charge is 0.173 e. The SMILES string of the molecule is CCCCCCCCCCC[Si](C)(C)c1ccc([Si](C)(C)CCCCCCCC[Si](C)(C)O[SiH](C)C)cc1. The van der Waals surface area contributed by atoms with Gasteiger partial charge in [0.2, 0.25) is 0 Å². The van der Waals surface area contributed by atoms with Crippen LogP contribution in [0.25, 0.3) is 0 Å². The number of hydrogen-bond donors (Lipinski definition) is 0. The summed E-state index contributed by atoms with van der Waals surface area (Å²) in [5.74, 6) is 0. The fourth-order valence-electron chi connectivity index (χ4n) is 6.06. The third-order valence-electron chi connectivity index (χ3n) is 8.74. The van der Waals surface area contributed by atoms with E-state index in [0.29, 0.717) is 0 Å². The molecular formula is C33H68OSi4. The lowest BCUT2D eigenvalue weighted by Crippen LogP contribution is -2.45. The van der Waals surface area contributed by atoms with Crippen LogP contribution in [0.5, 0.6) is 0 Å². The second-order valence-corrected chi connectivity index (χ2v) is 31.2. The van der Waals surface area contributed by atoms with Gasteiger partial charge >= 0.3 is 0 Å². The Morgan fingerprint density at radius 2 is 0.816 bits per heavy atom. The highest BCUT2D eigenvalue weighted by Crippen LogP contribution is 2.21. The maximum absolute atomic E-state index is 6.32. The maximum Gasteiger partial charge on any atom is 0.173 e. The van der Waals surface area contributed by atoms with Gasteiger partial charge in [-0.25, -0.2) is 0 Å². The summed E-state index contributed by atoms with van der Waals surface area (Å²) in [6.07, 6.45) is 21.4. The van der Waals surface area contributed by atoms with E-state index >= 15 is 0 Å². The molecule has 1 nitrogen and oxygen atoms in total. The molecule has 222 valence electrons. The Balaban J connectivity index is 2.28. The molecule has 0 aromatic heterocycles. The first-order valence-corrected chi connectivity index (χ1v) is 29.0. The van der Waals surface area contributed by atoms with E-state index < -0.39 is 33.5 Å². The van der Waals surface area contributed by atoms with E-state index in [1.54, 1.807) is 10.4 Å². The Labute approximate surface area is 245 Å². The van der Waals surface area contributed by atoms with Gasteiger partial charge < -0.3 is 4.12 Å². The molecule has 0 bridgehead atoms. The molecule has 0 fully saturated rings. The zero-order valence-electron chi connectivity index (χ0n) is 27.5. The van der Waals surface area contributed by atoms with Crippen molar-refractivity contribution < 1.29 is 4.12 Å². The Hall–Kier alpha value is 0.0475. The summed E-state index contributed by atoms with van der Waals surface area (Å²) in [6, 6.07) is 14.4. The summed E-state index contributed by atoms with van der Waals surface area (Å²) < 4.78 is 6.32. The average Bonchev–Trinajstić information content (AvgIpc) is 2.84. The van der Waals surface area contributed by atoms with Gasteiger partial charge in [0.05, 0.1) is 16.1 Å². The molecule has 1 aromatic rings. The predicted molar refractivity (Wildman–Crippen MR) is 187 cm³/mol. The van der Waals surface area contributed by atoms with Crippen LogP contribution in [0.2, 0.25) is 70.5 Å². The Bertz CT molecular complexity index is 712. The van der Waals surface area contributed by atoms with Crippen molar-refractivity contribution in [3.8, 4) is 0 Å². The van der Waals surface area contributed by atoms with Crippen LogP contribution in [-0.4, -0.2) is 33.5 Å². The molecule has 0 amide bonds. The van der Waals surface area contributed by atoms with E-state index in [1.807, 2.05) is 0 Å². The molecule has 0 saturated heterocycles. The summed E-state index contributed by atoms with van der Waals surface area (Å²) in [6.45, 7) is 22.2. The third-order valence-corrected chi connectivity index (χ3v) is 21.7. The molecule has 0 radical (unpaired) electrons. The van der Waals surface area contributed by atoms with Gasteiger partial charge in [-0.15, -0.1) is 0 Å². The molecule has 0 unspecified atom stereocenters. The summed E-state index contributed by atoms with van der Waals surface area (Å²) >= 11 is 0. The van der Waals surface area contributed by atoms with Gasteiger partial charge in [0.15, 0.2) is 17.4 Å². The Morgan fingerprint density at radius 1 is 0.500 bits per heavy atom. The van der Waals surface area contributed by atoms with Crippen LogP contribution in [0.3, 0.4) is 0 Å². The van der Waals surface area contributed by atoms with Crippen molar-refractivity contribution in [3.63, 3.8) is 0 Å². The van der Waals surface area contributed by atoms with Gasteiger partial charge in [0.1, 0.15) is 0 Å². The van der Waals surface area contributed by atoms with Crippen molar-refractivity contribution in [1.82, 2.24) is 0 Å². The Kier molecular flexibility index (Phi) is 18.2. The Morgan fingerprint density at radius 3 is 1.16 bits per heavy atom. The molecule has 0 aliphatic heterocycles. The van der Waals surface area contributed by atoms with Crippen molar-refractivity contribution in [2.24, 2.45) is 0 Å². The number of benzene rings is 1. The van der Waals surface area contributed by atoms with E-state index in [0.717, 1.165) is 0 Å². The highest BCUT2D eigenvalue weighted by Gasteiger charge is 2.26. The van der Waals surface area contributed by atoms with Crippen molar-refractivity contribution in [3.05, 3.63) is 24.3 Å². The molecular weight excluding hydrogens is 525 g/mol. The highest BCUT2D eigenvalue weighted by atomic mass is 28.4. The summed E-state index contributed by atoms with van der Waals surface area (Å²) in [4.78, 5) is 0. The molecule has 0 aliphatic rings. The van der Waals surface area contributed by atoms with Crippen molar-refractivity contribution in [2.45, 2.75) is 174 Å². The lowest BCUT2D eigenvalue weighted by Gasteiger charge is -2.27. The normalized spacial score (nSPS) is 13.0. The van der Waals surface area contributed by atoms with Crippen molar-refractivity contribution in [2.75, 3.05) is 0 Å². The van der Waals surface area contributed by atoms with Crippen molar-refractivity contribution >= 4 is 43.9 Å². The largest absolute Gasteiger partial charge is 0.458 e. The van der Waals surface area contributed by atoms with Gasteiger partial charge in [0, 0.05) is 0 Å². The predicted octanol–water partition coefficient (Wildman–Crippen LogP) is 10.6. The van der Waals surface area contributed by atoms with Gasteiger partial charge in [0.25, 0.3) is 0 Å². The average molecular weight is 593 g/mol. The van der Waals surface area contributed by atoms with E-state index in [2.05, 4.69) is 83.6 Å². The lowest BCUT2D eigenvalue weighted by molar-refractivity contribution is 0.554. The first-order valence-electron chi connectivity index (χ1n) is 16.7. The van der Waals surface area contributed by atoms with Crippen LogP contribution in [0.15, 0.2) is 24.3 Å². The van der Waals surface area contributed by atoms with Crippen LogP contribution in [-0.2, 0) is 4.12 Å². The highest BCUT2D eigenvalue weighted by molar-refractivity contribution is 6.91. The van der Waals surface area contributed by atoms with Gasteiger partial charge in [-0.3, -0.25) is 0 Å². The van der Waals surface area contributed by atoms with Gasteiger partial charge in [-0.1, -0.05) is 176 Å². The van der Waals surface area contributed by atoms with Crippen LogP contribution in [0.1, 0.15) is 103 Å². The standard InChI is InChI=1S/C33H68OSi4/c1-10-11-12-13-14-15-16-19-22-29-36(4,5)32-25-27-33(28-26-32)37(6,7)30-23-20-17-18-21-24-31-38(8,9)34-35(2)3/h25-28,35H,10-24,29-31H2,1-9H3. The molecule has 0 N–H and O–H groups in total. The fraction of sp³-hybridized carbons (Fsp3) is 0.818. The molecule has 1 aromatic carbocycles. The number of rotatable bonds is 23. The minimum atomic E-state index is -1.37. The molecule has 38 heavy (non-hydrogen) atoms. The molecule has 0 spiro atoms. The van der Waals surface area contributed by atoms with E-state index in [9.17, 15) is 0 Å². The number of unbranched alkanes of at least 4 members (excludes halogenated alkanes) is 13. The quantitative estimate of drug-likeness (QED) is 0.0907. The second kappa shape index (κ2) is 19.2. The van der Waals surface area contributed by atoms with E-state index in [4.69, 9.17) is 4.12 Å². The molecule has 0 heterocycles. The number of hydrogen-bond acceptors (Lipinski definition) is 1. The summed E-state index contributed by atoms with van der Waals surface area (Å²) in [7, 11) is -4.86. The zero-order valence-corrected chi connectivity index (χ0v) is 31.7. The summed E-state index contributed by atoms with van der Waals surface area (Å²) in [5.41, 5.74) is 0. The third kappa shape index (κ3) is 16.3. The minimum absolute atomic E-state index is 0.869. The van der Waals surface area contributed by atoms with Gasteiger partial charge in [-0.2, -0.15) is 0 Å². The van der Waals surface area contributed by atoms with Crippen LogP contribution in [0, 0.1) is 0 Å². The fourth-order valence-corrected chi connectivity index (χ4v) is 17.7. The monoisotopic (exact) mass is 592 g/mol. The van der Waals surface area contributed by atoms with Crippen molar-refractivity contribution in [1.29, 1.82) is 0 Å². The van der Waals surface area contributed by atoms with Crippen LogP contribution < -0.4 is 10.4 Å². The molecule has 0 aliphatic carbocycles. The zero-order chi connectivity index (χ0) is 28.5. The molecule has 0 saturated carbocycles. The molecule has 5 heteroatoms. The first kappa shape index (κ1) is 36.1.